The number of aliphatic hydroxyl groups is 1. The first kappa shape index (κ1) is 32.1. The maximum absolute atomic E-state index is 13.9. The lowest BCUT2D eigenvalue weighted by molar-refractivity contribution is -0.159. The maximum atomic E-state index is 13.9. The maximum Gasteiger partial charge on any atom is 0.246 e. The summed E-state index contributed by atoms with van der Waals surface area (Å²) in [6.07, 6.45) is 0.456. The Morgan fingerprint density at radius 2 is 1.73 bits per heavy atom. The summed E-state index contributed by atoms with van der Waals surface area (Å²) in [5.41, 5.74) is 2.49. The summed E-state index contributed by atoms with van der Waals surface area (Å²) >= 11 is 0. The number of hydrogen-bond donors (Lipinski definition) is 3. The molecule has 0 radical (unpaired) electrons. The van der Waals surface area contributed by atoms with Gasteiger partial charge in [0.15, 0.2) is 0 Å². The summed E-state index contributed by atoms with van der Waals surface area (Å²) in [5, 5.41) is 17.0. The van der Waals surface area contributed by atoms with Gasteiger partial charge in [0, 0.05) is 25.7 Å². The zero-order valence-electron chi connectivity index (χ0n) is 24.3. The third-order valence-electron chi connectivity index (χ3n) is 7.25. The number of hydrogen-bond acceptors (Lipinski definition) is 5. The Kier molecular flexibility index (Phi) is 11.8. The fourth-order valence-electron chi connectivity index (χ4n) is 5.25. The Labute approximate surface area is 241 Å². The van der Waals surface area contributed by atoms with E-state index in [-0.39, 0.29) is 49.4 Å². The van der Waals surface area contributed by atoms with E-state index < -0.39 is 35.7 Å². The van der Waals surface area contributed by atoms with Gasteiger partial charge in [-0.3, -0.25) is 14.4 Å². The van der Waals surface area contributed by atoms with Crippen LogP contribution in [-0.4, -0.2) is 77.0 Å². The van der Waals surface area contributed by atoms with Crippen molar-refractivity contribution in [1.82, 2.24) is 20.4 Å². The highest BCUT2D eigenvalue weighted by Gasteiger charge is 2.41. The smallest absolute Gasteiger partial charge is 0.246 e. The van der Waals surface area contributed by atoms with Crippen LogP contribution < -0.4 is 10.6 Å². The molecule has 1 fully saturated rings. The predicted octanol–water partition coefficient (Wildman–Crippen LogP) is 2.81. The first-order chi connectivity index (χ1) is 19.5. The Hall–Kier alpha value is -3.37. The largest absolute Gasteiger partial charge is 0.390 e. The van der Waals surface area contributed by atoms with Crippen molar-refractivity contribution >= 4 is 17.7 Å². The minimum Gasteiger partial charge on any atom is -0.390 e. The first-order valence-electron chi connectivity index (χ1n) is 14.3. The number of amides is 3. The van der Waals surface area contributed by atoms with Crippen LogP contribution in [0.1, 0.15) is 50.8 Å². The van der Waals surface area contributed by atoms with Gasteiger partial charge in [-0.25, -0.2) is 8.78 Å². The zero-order chi connectivity index (χ0) is 30.1. The molecule has 0 bridgehead atoms. The molecule has 8 nitrogen and oxygen atoms in total. The molecule has 224 valence electrons. The summed E-state index contributed by atoms with van der Waals surface area (Å²) in [6.45, 7) is 8.18. The monoisotopic (exact) mass is 572 g/mol. The second-order valence-electron chi connectivity index (χ2n) is 11.0. The van der Waals surface area contributed by atoms with Crippen LogP contribution in [-0.2, 0) is 33.8 Å². The fourth-order valence-corrected chi connectivity index (χ4v) is 5.25. The van der Waals surface area contributed by atoms with Crippen molar-refractivity contribution < 1.29 is 28.3 Å². The van der Waals surface area contributed by atoms with Gasteiger partial charge < -0.3 is 25.5 Å². The lowest BCUT2D eigenvalue weighted by Crippen LogP contribution is -2.63. The summed E-state index contributed by atoms with van der Waals surface area (Å²) in [5.74, 6) is -2.76. The molecule has 2 aromatic carbocycles. The van der Waals surface area contributed by atoms with Crippen molar-refractivity contribution in [3.05, 3.63) is 70.8 Å². The minimum atomic E-state index is -1.11. The molecule has 0 aliphatic carbocycles. The van der Waals surface area contributed by atoms with Gasteiger partial charge in [-0.2, -0.15) is 0 Å². The van der Waals surface area contributed by atoms with E-state index in [1.165, 1.54) is 10.5 Å². The first-order valence-corrected chi connectivity index (χ1v) is 14.3. The average Bonchev–Trinajstić information content (AvgIpc) is 2.90. The van der Waals surface area contributed by atoms with Gasteiger partial charge in [-0.05, 0) is 54.0 Å². The zero-order valence-corrected chi connectivity index (χ0v) is 24.3. The van der Waals surface area contributed by atoms with Crippen LogP contribution in [0.2, 0.25) is 0 Å². The molecule has 1 aliphatic rings. The van der Waals surface area contributed by atoms with Gasteiger partial charge in [0.2, 0.25) is 17.7 Å². The van der Waals surface area contributed by atoms with Gasteiger partial charge in [-0.1, -0.05) is 52.0 Å². The quantitative estimate of drug-likeness (QED) is 0.323. The van der Waals surface area contributed by atoms with Gasteiger partial charge >= 0.3 is 0 Å². The number of halogens is 2. The highest BCUT2D eigenvalue weighted by atomic mass is 19.1. The SMILES string of the molecule is CCCN1C(=O)CN(CC(=O)NC(Cc2cc(F)cc(F)c2)C(O)CNCc2cccc(CC)c2)C(=O)C1C(C)C. The van der Waals surface area contributed by atoms with Gasteiger partial charge in [-0.15, -0.1) is 0 Å². The van der Waals surface area contributed by atoms with E-state index in [0.717, 1.165) is 30.2 Å². The van der Waals surface area contributed by atoms with E-state index >= 15 is 0 Å². The molecule has 3 unspecified atom stereocenters. The number of nitrogens with one attached hydrogen (secondary N) is 2. The van der Waals surface area contributed by atoms with E-state index in [0.29, 0.717) is 19.5 Å². The summed E-state index contributed by atoms with van der Waals surface area (Å²) in [7, 11) is 0. The van der Waals surface area contributed by atoms with E-state index in [9.17, 15) is 28.3 Å². The van der Waals surface area contributed by atoms with Crippen molar-refractivity contribution in [3.63, 3.8) is 0 Å². The molecule has 1 heterocycles. The average molecular weight is 573 g/mol. The van der Waals surface area contributed by atoms with E-state index in [4.69, 9.17) is 0 Å². The van der Waals surface area contributed by atoms with Crippen LogP contribution in [0.4, 0.5) is 8.78 Å². The Morgan fingerprint density at radius 3 is 2.37 bits per heavy atom. The van der Waals surface area contributed by atoms with Gasteiger partial charge in [0.1, 0.15) is 30.8 Å². The van der Waals surface area contributed by atoms with Crippen molar-refractivity contribution in [2.45, 2.75) is 71.7 Å². The van der Waals surface area contributed by atoms with Crippen LogP contribution in [0.5, 0.6) is 0 Å². The molecule has 3 rings (SSSR count). The second kappa shape index (κ2) is 15.0. The number of carbonyl (C=O) groups excluding carboxylic acids is 3. The minimum absolute atomic E-state index is 0.0413. The van der Waals surface area contributed by atoms with Crippen molar-refractivity contribution in [2.24, 2.45) is 5.92 Å². The topological polar surface area (TPSA) is 102 Å². The molecule has 3 amide bonds. The number of carbonyl (C=O) groups is 3. The van der Waals surface area contributed by atoms with E-state index in [2.05, 4.69) is 23.6 Å². The van der Waals surface area contributed by atoms with Crippen LogP contribution in [0.15, 0.2) is 42.5 Å². The van der Waals surface area contributed by atoms with E-state index in [1.54, 1.807) is 4.90 Å². The molecule has 0 spiro atoms. The second-order valence-corrected chi connectivity index (χ2v) is 11.0. The molecule has 3 N–H and O–H groups in total. The predicted molar refractivity (Wildman–Crippen MR) is 153 cm³/mol. The third kappa shape index (κ3) is 9.06. The summed E-state index contributed by atoms with van der Waals surface area (Å²) < 4.78 is 27.8. The van der Waals surface area contributed by atoms with Gasteiger partial charge in [0.05, 0.1) is 12.1 Å². The lowest BCUT2D eigenvalue weighted by Gasteiger charge is -2.42. The molecule has 3 atom stereocenters. The van der Waals surface area contributed by atoms with Crippen LogP contribution in [0.3, 0.4) is 0 Å². The number of rotatable bonds is 14. The number of piperazine rings is 1. The van der Waals surface area contributed by atoms with Crippen LogP contribution in [0.25, 0.3) is 0 Å². The molecule has 0 aromatic heterocycles. The Bertz CT molecular complexity index is 1190. The molecule has 1 saturated heterocycles. The lowest BCUT2D eigenvalue weighted by atomic mass is 9.97. The Morgan fingerprint density at radius 1 is 1.05 bits per heavy atom. The molecule has 2 aromatic rings. The van der Waals surface area contributed by atoms with Gasteiger partial charge in [0.25, 0.3) is 0 Å². The number of aryl methyl sites for hydroxylation is 1. The molecular formula is C31H42F2N4O4. The summed E-state index contributed by atoms with van der Waals surface area (Å²) in [6, 6.07) is 9.53. The number of aliphatic hydroxyl groups excluding tert-OH is 1. The van der Waals surface area contributed by atoms with Crippen molar-refractivity contribution in [1.29, 1.82) is 0 Å². The highest BCUT2D eigenvalue weighted by Crippen LogP contribution is 2.20. The Balaban J connectivity index is 1.70. The number of benzene rings is 2. The molecule has 41 heavy (non-hydrogen) atoms. The van der Waals surface area contributed by atoms with Crippen LogP contribution >= 0.6 is 0 Å². The molecule has 0 saturated carbocycles. The molecule has 10 heteroatoms. The highest BCUT2D eigenvalue weighted by molar-refractivity contribution is 5.97. The van der Waals surface area contributed by atoms with Crippen LogP contribution in [0, 0.1) is 17.6 Å². The standard InChI is InChI=1S/C31H42F2N4O4/c1-5-10-37-29(40)19-36(31(41)30(37)20(3)4)18-28(39)35-26(14-23-12-24(32)15-25(33)13-23)27(38)17-34-16-22-9-7-8-21(6-2)11-22/h7-9,11-13,15,20,26-27,30,34,38H,5-6,10,14,16-19H2,1-4H3,(H,35,39). The normalized spacial score (nSPS) is 17.2. The fraction of sp³-hybridized carbons (Fsp3) is 0.516. The molecular weight excluding hydrogens is 530 g/mol. The van der Waals surface area contributed by atoms with Crippen molar-refractivity contribution in [2.75, 3.05) is 26.2 Å². The molecule has 1 aliphatic heterocycles. The summed E-state index contributed by atoms with van der Waals surface area (Å²) in [4.78, 5) is 42.0. The third-order valence-corrected chi connectivity index (χ3v) is 7.25. The van der Waals surface area contributed by atoms with Crippen molar-refractivity contribution in [3.8, 4) is 0 Å². The number of nitrogens with zero attached hydrogens (tertiary/aromatic N) is 2. The van der Waals surface area contributed by atoms with E-state index in [1.807, 2.05) is 39.0 Å².